The third-order valence-electron chi connectivity index (χ3n) is 4.79. The Morgan fingerprint density at radius 3 is 2.67 bits per heavy atom. The number of amides is 1. The maximum Gasteiger partial charge on any atom is 0.311 e. The molecule has 6 nitrogen and oxygen atoms in total. The Hall–Kier alpha value is -1.14. The van der Waals surface area contributed by atoms with Crippen molar-refractivity contribution in [2.45, 2.75) is 45.1 Å². The molecular weight excluding hydrogens is 272 g/mol. The van der Waals surface area contributed by atoms with Crippen molar-refractivity contribution in [3.8, 4) is 0 Å². The Balaban J connectivity index is 1.73. The summed E-state index contributed by atoms with van der Waals surface area (Å²) in [6, 6.07) is 0. The number of carboxylic acids is 1. The van der Waals surface area contributed by atoms with E-state index in [4.69, 9.17) is 4.74 Å². The fourth-order valence-corrected chi connectivity index (χ4v) is 3.13. The number of hydrogen-bond acceptors (Lipinski definition) is 4. The van der Waals surface area contributed by atoms with Gasteiger partial charge in [0.1, 0.15) is 0 Å². The lowest BCUT2D eigenvalue weighted by Gasteiger charge is -2.24. The first-order chi connectivity index (χ1) is 10.1. The van der Waals surface area contributed by atoms with E-state index in [-0.39, 0.29) is 12.0 Å². The second-order valence-corrected chi connectivity index (χ2v) is 6.07. The number of carbonyl (C=O) groups excluding carboxylic acids is 1. The van der Waals surface area contributed by atoms with Gasteiger partial charge in [-0.25, -0.2) is 0 Å². The highest BCUT2D eigenvalue weighted by molar-refractivity contribution is 5.80. The standard InChI is InChI=1S/C15H26N2O4/c1-2-15(14(19)20)6-9-17(11-15)13(18)5-10-21-12-3-7-16-8-4-12/h12,16H,2-11H2,1H3,(H,19,20). The average Bonchev–Trinajstić information content (AvgIpc) is 2.94. The average molecular weight is 298 g/mol. The van der Waals surface area contributed by atoms with Gasteiger partial charge in [0.05, 0.1) is 24.5 Å². The Kier molecular flexibility index (Phi) is 5.58. The summed E-state index contributed by atoms with van der Waals surface area (Å²) < 4.78 is 5.74. The van der Waals surface area contributed by atoms with Crippen LogP contribution in [0.25, 0.3) is 0 Å². The molecule has 1 unspecified atom stereocenters. The highest BCUT2D eigenvalue weighted by Crippen LogP contribution is 2.34. The lowest BCUT2D eigenvalue weighted by molar-refractivity contribution is -0.148. The Bertz CT molecular complexity index is 382. The number of rotatable bonds is 6. The van der Waals surface area contributed by atoms with Crippen LogP contribution in [-0.4, -0.2) is 60.8 Å². The summed E-state index contributed by atoms with van der Waals surface area (Å²) in [6.07, 6.45) is 3.72. The molecule has 1 amide bonds. The summed E-state index contributed by atoms with van der Waals surface area (Å²) in [6.45, 7) is 5.15. The van der Waals surface area contributed by atoms with Gasteiger partial charge in [-0.15, -0.1) is 0 Å². The molecule has 120 valence electrons. The van der Waals surface area contributed by atoms with Crippen molar-refractivity contribution in [2.75, 3.05) is 32.8 Å². The van der Waals surface area contributed by atoms with Crippen LogP contribution < -0.4 is 5.32 Å². The minimum absolute atomic E-state index is 0.0144. The number of carbonyl (C=O) groups is 2. The monoisotopic (exact) mass is 298 g/mol. The number of ether oxygens (including phenoxy) is 1. The van der Waals surface area contributed by atoms with Crippen LogP contribution in [0.5, 0.6) is 0 Å². The molecule has 2 aliphatic heterocycles. The second kappa shape index (κ2) is 7.22. The molecule has 2 fully saturated rings. The van der Waals surface area contributed by atoms with Gasteiger partial charge in [0, 0.05) is 13.1 Å². The summed E-state index contributed by atoms with van der Waals surface area (Å²) in [7, 11) is 0. The van der Waals surface area contributed by atoms with Crippen molar-refractivity contribution >= 4 is 11.9 Å². The molecular formula is C15H26N2O4. The SMILES string of the molecule is CCC1(C(=O)O)CCN(C(=O)CCOC2CCNCC2)C1. The molecule has 1 atom stereocenters. The van der Waals surface area contributed by atoms with Gasteiger partial charge in [-0.3, -0.25) is 9.59 Å². The number of likely N-dealkylation sites (tertiary alicyclic amines) is 1. The summed E-state index contributed by atoms with van der Waals surface area (Å²) in [5.41, 5.74) is -0.744. The smallest absolute Gasteiger partial charge is 0.311 e. The normalized spacial score (nSPS) is 27.0. The summed E-state index contributed by atoms with van der Waals surface area (Å²) in [5, 5.41) is 12.6. The van der Waals surface area contributed by atoms with Crippen molar-refractivity contribution in [1.29, 1.82) is 0 Å². The molecule has 0 spiro atoms. The van der Waals surface area contributed by atoms with Gasteiger partial charge >= 0.3 is 5.97 Å². The third kappa shape index (κ3) is 3.95. The lowest BCUT2D eigenvalue weighted by atomic mass is 9.84. The Labute approximate surface area is 125 Å². The minimum Gasteiger partial charge on any atom is -0.481 e. The van der Waals surface area contributed by atoms with E-state index in [1.807, 2.05) is 6.92 Å². The van der Waals surface area contributed by atoms with Crippen molar-refractivity contribution in [3.05, 3.63) is 0 Å². The fraction of sp³-hybridized carbons (Fsp3) is 0.867. The molecule has 2 rings (SSSR count). The summed E-state index contributed by atoms with van der Waals surface area (Å²) in [5.74, 6) is -0.772. The third-order valence-corrected chi connectivity index (χ3v) is 4.79. The van der Waals surface area contributed by atoms with E-state index in [1.54, 1.807) is 4.90 Å². The molecule has 2 aliphatic rings. The molecule has 2 heterocycles. The van der Waals surface area contributed by atoms with Crippen LogP contribution in [-0.2, 0) is 14.3 Å². The molecule has 0 aliphatic carbocycles. The van der Waals surface area contributed by atoms with Gasteiger partial charge in [-0.05, 0) is 38.8 Å². The number of nitrogens with one attached hydrogen (secondary N) is 1. The largest absolute Gasteiger partial charge is 0.481 e. The topological polar surface area (TPSA) is 78.9 Å². The van der Waals surface area contributed by atoms with E-state index >= 15 is 0 Å². The quantitative estimate of drug-likeness (QED) is 0.760. The van der Waals surface area contributed by atoms with Gasteiger partial charge < -0.3 is 20.1 Å². The first kappa shape index (κ1) is 16.2. The number of nitrogens with zero attached hydrogens (tertiary/aromatic N) is 1. The van der Waals surface area contributed by atoms with Crippen molar-refractivity contribution in [2.24, 2.45) is 5.41 Å². The first-order valence-corrected chi connectivity index (χ1v) is 7.91. The molecule has 0 aromatic carbocycles. The van der Waals surface area contributed by atoms with Crippen LogP contribution in [0.3, 0.4) is 0 Å². The fourth-order valence-electron chi connectivity index (χ4n) is 3.13. The Morgan fingerprint density at radius 2 is 2.10 bits per heavy atom. The van der Waals surface area contributed by atoms with E-state index in [2.05, 4.69) is 5.32 Å². The number of piperidine rings is 1. The van der Waals surface area contributed by atoms with Crippen LogP contribution in [0.2, 0.25) is 0 Å². The summed E-state index contributed by atoms with van der Waals surface area (Å²) >= 11 is 0. The molecule has 0 bridgehead atoms. The molecule has 0 radical (unpaired) electrons. The maximum atomic E-state index is 12.2. The molecule has 0 saturated carbocycles. The second-order valence-electron chi connectivity index (χ2n) is 6.07. The number of carboxylic acid groups (broad SMARTS) is 1. The van der Waals surface area contributed by atoms with E-state index in [0.29, 0.717) is 39.0 Å². The van der Waals surface area contributed by atoms with Crippen LogP contribution in [0, 0.1) is 5.41 Å². The molecule has 21 heavy (non-hydrogen) atoms. The zero-order valence-corrected chi connectivity index (χ0v) is 12.8. The molecule has 6 heteroatoms. The van der Waals surface area contributed by atoms with E-state index < -0.39 is 11.4 Å². The van der Waals surface area contributed by atoms with E-state index in [1.165, 1.54) is 0 Å². The van der Waals surface area contributed by atoms with Crippen molar-refractivity contribution < 1.29 is 19.4 Å². The predicted molar refractivity (Wildman–Crippen MR) is 78.0 cm³/mol. The summed E-state index contributed by atoms with van der Waals surface area (Å²) in [4.78, 5) is 25.2. The van der Waals surface area contributed by atoms with Gasteiger partial charge in [0.25, 0.3) is 0 Å². The highest BCUT2D eigenvalue weighted by atomic mass is 16.5. The van der Waals surface area contributed by atoms with Crippen LogP contribution >= 0.6 is 0 Å². The van der Waals surface area contributed by atoms with Crippen LogP contribution in [0.4, 0.5) is 0 Å². The van der Waals surface area contributed by atoms with Crippen molar-refractivity contribution in [1.82, 2.24) is 10.2 Å². The molecule has 2 saturated heterocycles. The highest BCUT2D eigenvalue weighted by Gasteiger charge is 2.44. The zero-order chi connectivity index (χ0) is 15.3. The van der Waals surface area contributed by atoms with E-state index in [9.17, 15) is 14.7 Å². The van der Waals surface area contributed by atoms with Crippen molar-refractivity contribution in [3.63, 3.8) is 0 Å². The number of hydrogen-bond donors (Lipinski definition) is 2. The Morgan fingerprint density at radius 1 is 1.38 bits per heavy atom. The minimum atomic E-state index is -0.786. The van der Waals surface area contributed by atoms with Gasteiger partial charge in [-0.1, -0.05) is 6.92 Å². The lowest BCUT2D eigenvalue weighted by Crippen LogP contribution is -2.37. The predicted octanol–water partition coefficient (Wildman–Crippen LogP) is 0.858. The molecule has 2 N–H and O–H groups in total. The van der Waals surface area contributed by atoms with Gasteiger partial charge in [0.15, 0.2) is 0 Å². The van der Waals surface area contributed by atoms with Gasteiger partial charge in [0.2, 0.25) is 5.91 Å². The zero-order valence-electron chi connectivity index (χ0n) is 12.8. The van der Waals surface area contributed by atoms with E-state index in [0.717, 1.165) is 25.9 Å². The first-order valence-electron chi connectivity index (χ1n) is 7.91. The maximum absolute atomic E-state index is 12.2. The van der Waals surface area contributed by atoms with Gasteiger partial charge in [-0.2, -0.15) is 0 Å². The van der Waals surface area contributed by atoms with Crippen LogP contribution in [0.15, 0.2) is 0 Å². The molecule has 0 aromatic heterocycles. The molecule has 0 aromatic rings. The van der Waals surface area contributed by atoms with Crippen LogP contribution in [0.1, 0.15) is 39.0 Å². The number of aliphatic carboxylic acids is 1.